The molecule has 0 spiro atoms. The van der Waals surface area contributed by atoms with Crippen molar-refractivity contribution in [1.29, 1.82) is 0 Å². The van der Waals surface area contributed by atoms with E-state index in [1.165, 1.54) is 36.2 Å². The fourth-order valence-electron chi connectivity index (χ4n) is 5.53. The molecular weight excluding hydrogens is 544 g/mol. The number of aliphatic imine (C=N–C) groups is 1. The number of hydrogen-bond acceptors (Lipinski definition) is 5. The first-order chi connectivity index (χ1) is 20.4. The van der Waals surface area contributed by atoms with Crippen LogP contribution in [0.5, 0.6) is 5.88 Å². The summed E-state index contributed by atoms with van der Waals surface area (Å²) in [6.07, 6.45) is 3.81. The molecule has 2 heterocycles. The van der Waals surface area contributed by atoms with Gasteiger partial charge < -0.3 is 10.1 Å². The predicted octanol–water partition coefficient (Wildman–Crippen LogP) is 6.85. The number of para-hydroxylation sites is 1. The highest BCUT2D eigenvalue weighted by molar-refractivity contribution is 7.92. The second kappa shape index (κ2) is 11.8. The van der Waals surface area contributed by atoms with Crippen molar-refractivity contribution in [2.24, 2.45) is 4.99 Å². The second-order valence-corrected chi connectivity index (χ2v) is 12.7. The molecule has 4 aromatic carbocycles. The summed E-state index contributed by atoms with van der Waals surface area (Å²) in [6, 6.07) is 31.6. The van der Waals surface area contributed by atoms with Gasteiger partial charge in [-0.3, -0.25) is 9.21 Å². The van der Waals surface area contributed by atoms with Crippen molar-refractivity contribution in [3.05, 3.63) is 120 Å². The maximum absolute atomic E-state index is 13.6. The molecule has 8 heteroatoms. The van der Waals surface area contributed by atoms with Crippen LogP contribution in [0, 0.1) is 0 Å². The van der Waals surface area contributed by atoms with Crippen molar-refractivity contribution in [3.63, 3.8) is 0 Å². The summed E-state index contributed by atoms with van der Waals surface area (Å²) in [5.74, 6) is -0.0692. The van der Waals surface area contributed by atoms with Crippen molar-refractivity contribution in [2.45, 2.75) is 30.7 Å². The molecule has 1 aliphatic heterocycles. The Bertz CT molecular complexity index is 1810. The van der Waals surface area contributed by atoms with Crippen LogP contribution in [-0.2, 0) is 16.6 Å². The number of aromatic hydroxyl groups is 1. The number of anilines is 1. The standard InChI is InChI=1S/C34H34N4O3S/c1-37(28-13-7-3-8-14-28)42(40,41)29-19-20-31-30(23-29)32(34(39)36-31)33(26-11-5-2-6-12-26)35-27-17-15-25(16-18-27)24-38-21-9-4-10-22-38/h2-3,5-8,11-20,23,36,39H,4,9-10,21-22,24H2,1H3. The lowest BCUT2D eigenvalue weighted by molar-refractivity contribution is 0.221. The van der Waals surface area contributed by atoms with Gasteiger partial charge in [0.05, 0.1) is 27.5 Å². The molecule has 0 aliphatic carbocycles. The maximum atomic E-state index is 13.6. The van der Waals surface area contributed by atoms with E-state index >= 15 is 0 Å². The maximum Gasteiger partial charge on any atom is 0.264 e. The lowest BCUT2D eigenvalue weighted by Gasteiger charge is -2.26. The van der Waals surface area contributed by atoms with Crippen LogP contribution in [-0.4, -0.2) is 49.3 Å². The minimum absolute atomic E-state index is 0.0692. The lowest BCUT2D eigenvalue weighted by atomic mass is 10.0. The Hall–Kier alpha value is -4.40. The Labute approximate surface area is 246 Å². The Kier molecular flexibility index (Phi) is 7.82. The van der Waals surface area contributed by atoms with E-state index in [1.54, 1.807) is 42.5 Å². The molecule has 6 rings (SSSR count). The van der Waals surface area contributed by atoms with E-state index in [-0.39, 0.29) is 10.8 Å². The van der Waals surface area contributed by atoms with Gasteiger partial charge in [0.25, 0.3) is 10.0 Å². The van der Waals surface area contributed by atoms with Crippen LogP contribution in [0.2, 0.25) is 0 Å². The van der Waals surface area contributed by atoms with Gasteiger partial charge in [-0.05, 0) is 74.0 Å². The molecule has 1 saturated heterocycles. The molecule has 2 N–H and O–H groups in total. The van der Waals surface area contributed by atoms with Crippen LogP contribution in [0.3, 0.4) is 0 Å². The topological polar surface area (TPSA) is 89.0 Å². The molecule has 0 amide bonds. The zero-order valence-corrected chi connectivity index (χ0v) is 24.4. The molecule has 42 heavy (non-hydrogen) atoms. The number of nitrogens with zero attached hydrogens (tertiary/aromatic N) is 3. The van der Waals surface area contributed by atoms with Gasteiger partial charge >= 0.3 is 0 Å². The van der Waals surface area contributed by atoms with Gasteiger partial charge in [0.1, 0.15) is 0 Å². The van der Waals surface area contributed by atoms with Gasteiger partial charge in [0.2, 0.25) is 0 Å². The van der Waals surface area contributed by atoms with E-state index in [0.717, 1.165) is 30.9 Å². The van der Waals surface area contributed by atoms with E-state index in [2.05, 4.69) is 22.0 Å². The van der Waals surface area contributed by atoms with E-state index < -0.39 is 10.0 Å². The number of nitrogens with one attached hydrogen (secondary N) is 1. The molecule has 1 aliphatic rings. The highest BCUT2D eigenvalue weighted by Crippen LogP contribution is 2.34. The Morgan fingerprint density at radius 1 is 0.881 bits per heavy atom. The van der Waals surface area contributed by atoms with Crippen molar-refractivity contribution in [2.75, 3.05) is 24.4 Å². The number of piperidine rings is 1. The number of aromatic nitrogens is 1. The summed E-state index contributed by atoms with van der Waals surface area (Å²) in [5, 5.41) is 11.7. The van der Waals surface area contributed by atoms with Gasteiger partial charge in [-0.2, -0.15) is 0 Å². The highest BCUT2D eigenvalue weighted by atomic mass is 32.2. The molecule has 0 radical (unpaired) electrons. The molecule has 1 aromatic heterocycles. The van der Waals surface area contributed by atoms with Crippen molar-refractivity contribution in [3.8, 4) is 5.88 Å². The van der Waals surface area contributed by atoms with Crippen LogP contribution in [0.25, 0.3) is 10.9 Å². The summed E-state index contributed by atoms with van der Waals surface area (Å²) in [7, 11) is -2.33. The first-order valence-corrected chi connectivity index (χ1v) is 15.7. The monoisotopic (exact) mass is 578 g/mol. The summed E-state index contributed by atoms with van der Waals surface area (Å²) < 4.78 is 28.5. The van der Waals surface area contributed by atoms with E-state index in [0.29, 0.717) is 27.9 Å². The van der Waals surface area contributed by atoms with E-state index in [9.17, 15) is 13.5 Å². The zero-order chi connectivity index (χ0) is 29.1. The van der Waals surface area contributed by atoms with Gasteiger partial charge in [-0.1, -0.05) is 67.1 Å². The van der Waals surface area contributed by atoms with Crippen molar-refractivity contribution < 1.29 is 13.5 Å². The fourth-order valence-corrected chi connectivity index (χ4v) is 6.76. The SMILES string of the molecule is CN(c1ccccc1)S(=O)(=O)c1ccc2[nH]c(O)c(C(=Nc3ccc(CN4CCCCC4)cc3)c3ccccc3)c2c1. The van der Waals surface area contributed by atoms with Crippen molar-refractivity contribution in [1.82, 2.24) is 9.88 Å². The van der Waals surface area contributed by atoms with Gasteiger partial charge in [0.15, 0.2) is 5.88 Å². The number of fused-ring (bicyclic) bond motifs is 1. The van der Waals surface area contributed by atoms with Gasteiger partial charge in [0, 0.05) is 30.1 Å². The normalized spacial score (nSPS) is 14.7. The predicted molar refractivity (Wildman–Crippen MR) is 169 cm³/mol. The molecule has 0 unspecified atom stereocenters. The number of benzene rings is 4. The average Bonchev–Trinajstić information content (AvgIpc) is 3.36. The number of sulfonamides is 1. The molecule has 1 fully saturated rings. The Balaban J connectivity index is 1.41. The summed E-state index contributed by atoms with van der Waals surface area (Å²) in [5.41, 5.74) is 4.97. The van der Waals surface area contributed by atoms with E-state index in [1.807, 2.05) is 48.5 Å². The second-order valence-electron chi connectivity index (χ2n) is 10.7. The molecule has 0 saturated carbocycles. The summed E-state index contributed by atoms with van der Waals surface area (Å²) >= 11 is 0. The minimum atomic E-state index is -3.86. The third-order valence-electron chi connectivity index (χ3n) is 7.84. The zero-order valence-electron chi connectivity index (χ0n) is 23.6. The van der Waals surface area contributed by atoms with E-state index in [4.69, 9.17) is 4.99 Å². The first kappa shape index (κ1) is 27.8. The minimum Gasteiger partial charge on any atom is -0.494 e. The third kappa shape index (κ3) is 5.68. The molecule has 5 aromatic rings. The van der Waals surface area contributed by atoms with Crippen LogP contribution in [0.15, 0.2) is 113 Å². The van der Waals surface area contributed by atoms with Crippen molar-refractivity contribution >= 4 is 38.0 Å². The van der Waals surface area contributed by atoms with Gasteiger partial charge in [-0.15, -0.1) is 0 Å². The molecule has 0 bridgehead atoms. The number of hydrogen-bond donors (Lipinski definition) is 2. The molecule has 214 valence electrons. The Morgan fingerprint density at radius 2 is 1.55 bits per heavy atom. The largest absolute Gasteiger partial charge is 0.494 e. The fraction of sp³-hybridized carbons (Fsp3) is 0.206. The van der Waals surface area contributed by atoms with Crippen LogP contribution < -0.4 is 4.31 Å². The number of H-pyrrole nitrogens is 1. The molecular formula is C34H34N4O3S. The quantitative estimate of drug-likeness (QED) is 0.197. The van der Waals surface area contributed by atoms with Crippen LogP contribution >= 0.6 is 0 Å². The summed E-state index contributed by atoms with van der Waals surface area (Å²) in [4.78, 5) is 10.6. The summed E-state index contributed by atoms with van der Waals surface area (Å²) in [6.45, 7) is 3.20. The van der Waals surface area contributed by atoms with Crippen LogP contribution in [0.4, 0.5) is 11.4 Å². The van der Waals surface area contributed by atoms with Crippen LogP contribution in [0.1, 0.15) is 36.0 Å². The third-order valence-corrected chi connectivity index (χ3v) is 9.63. The van der Waals surface area contributed by atoms with Gasteiger partial charge in [-0.25, -0.2) is 13.4 Å². The highest BCUT2D eigenvalue weighted by Gasteiger charge is 2.25. The molecule has 0 atom stereocenters. The number of rotatable bonds is 8. The first-order valence-electron chi connectivity index (χ1n) is 14.2. The lowest BCUT2D eigenvalue weighted by Crippen LogP contribution is -2.28. The molecule has 7 nitrogen and oxygen atoms in total. The average molecular weight is 579 g/mol. The smallest absolute Gasteiger partial charge is 0.264 e. The number of likely N-dealkylation sites (tertiary alicyclic amines) is 1. The number of aromatic amines is 1. The Morgan fingerprint density at radius 3 is 2.24 bits per heavy atom.